The van der Waals surface area contributed by atoms with Crippen LogP contribution in [0.5, 0.6) is 0 Å². The van der Waals surface area contributed by atoms with Gasteiger partial charge in [0.1, 0.15) is 0 Å². The van der Waals surface area contributed by atoms with Gasteiger partial charge < -0.3 is 4.74 Å². The Labute approximate surface area is 87.1 Å². The van der Waals surface area contributed by atoms with Crippen LogP contribution in [-0.2, 0) is 4.74 Å². The second-order valence-corrected chi connectivity index (χ2v) is 3.67. The second-order valence-electron chi connectivity index (χ2n) is 2.61. The minimum absolute atomic E-state index is 0.506. The van der Waals surface area contributed by atoms with E-state index in [2.05, 4.69) is 9.97 Å². The summed E-state index contributed by atoms with van der Waals surface area (Å²) in [5.74, 6) is 0.925. The molecule has 0 fully saturated rings. The van der Waals surface area contributed by atoms with Gasteiger partial charge in [-0.1, -0.05) is 11.8 Å². The van der Waals surface area contributed by atoms with Gasteiger partial charge in [0.05, 0.1) is 5.56 Å². The number of carbonyl (C=O) groups is 1. The van der Waals surface area contributed by atoms with E-state index in [1.807, 2.05) is 0 Å². The number of hydrogen-bond acceptors (Lipinski definition) is 5. The van der Waals surface area contributed by atoms with Gasteiger partial charge in [-0.3, -0.25) is 4.79 Å². The predicted molar refractivity (Wildman–Crippen MR) is 54.6 cm³/mol. The molecule has 0 saturated carbocycles. The van der Waals surface area contributed by atoms with E-state index in [1.54, 1.807) is 18.9 Å². The van der Waals surface area contributed by atoms with E-state index < -0.39 is 0 Å². The van der Waals surface area contributed by atoms with E-state index in [0.717, 1.165) is 25.1 Å². The first-order valence-electron chi connectivity index (χ1n) is 4.26. The lowest BCUT2D eigenvalue weighted by Gasteiger charge is -1.99. The van der Waals surface area contributed by atoms with Crippen LogP contribution in [0.15, 0.2) is 17.6 Å². The summed E-state index contributed by atoms with van der Waals surface area (Å²) in [4.78, 5) is 18.4. The van der Waals surface area contributed by atoms with Crippen molar-refractivity contribution in [3.8, 4) is 0 Å². The predicted octanol–water partition coefficient (Wildman–Crippen LogP) is 1.42. The van der Waals surface area contributed by atoms with Crippen molar-refractivity contribution in [3.63, 3.8) is 0 Å². The molecule has 0 aromatic carbocycles. The Morgan fingerprint density at radius 1 is 1.50 bits per heavy atom. The first kappa shape index (κ1) is 11.1. The fourth-order valence-electron chi connectivity index (χ4n) is 0.828. The summed E-state index contributed by atoms with van der Waals surface area (Å²) in [7, 11) is 1.68. The fourth-order valence-corrected chi connectivity index (χ4v) is 1.53. The van der Waals surface area contributed by atoms with Crippen LogP contribution in [0, 0.1) is 0 Å². The van der Waals surface area contributed by atoms with Crippen LogP contribution in [0.3, 0.4) is 0 Å². The summed E-state index contributed by atoms with van der Waals surface area (Å²) in [6.07, 6.45) is 4.76. The summed E-state index contributed by atoms with van der Waals surface area (Å²) < 4.78 is 4.92. The lowest BCUT2D eigenvalue weighted by molar-refractivity contribution is 0.112. The summed E-state index contributed by atoms with van der Waals surface area (Å²) in [5.41, 5.74) is 0.506. The van der Waals surface area contributed by atoms with E-state index in [1.165, 1.54) is 12.4 Å². The lowest BCUT2D eigenvalue weighted by atomic mass is 10.4. The van der Waals surface area contributed by atoms with Crippen molar-refractivity contribution in [1.29, 1.82) is 0 Å². The first-order chi connectivity index (χ1) is 6.86. The highest BCUT2D eigenvalue weighted by Crippen LogP contribution is 2.12. The molecule has 0 saturated heterocycles. The Balaban J connectivity index is 2.32. The number of ether oxygens (including phenoxy) is 1. The quantitative estimate of drug-likeness (QED) is 0.309. The van der Waals surface area contributed by atoms with Crippen molar-refractivity contribution >= 4 is 18.0 Å². The fraction of sp³-hybridized carbons (Fsp3) is 0.444. The van der Waals surface area contributed by atoms with Crippen LogP contribution in [0.2, 0.25) is 0 Å². The van der Waals surface area contributed by atoms with Crippen molar-refractivity contribution in [2.24, 2.45) is 0 Å². The molecule has 5 heteroatoms. The van der Waals surface area contributed by atoms with Crippen molar-refractivity contribution in [2.45, 2.75) is 11.6 Å². The first-order valence-corrected chi connectivity index (χ1v) is 5.24. The molecule has 0 aliphatic rings. The molecule has 0 unspecified atom stereocenters. The molecule has 0 amide bonds. The molecular formula is C9H12N2O2S. The van der Waals surface area contributed by atoms with Crippen LogP contribution in [0.4, 0.5) is 0 Å². The average molecular weight is 212 g/mol. The molecular weight excluding hydrogens is 200 g/mol. The number of nitrogens with zero attached hydrogens (tertiary/aromatic N) is 2. The maximum atomic E-state index is 10.3. The number of aldehydes is 1. The Hall–Kier alpha value is -0.940. The van der Waals surface area contributed by atoms with Crippen LogP contribution in [0.1, 0.15) is 16.8 Å². The van der Waals surface area contributed by atoms with Crippen LogP contribution < -0.4 is 0 Å². The minimum Gasteiger partial charge on any atom is -0.385 e. The third kappa shape index (κ3) is 3.85. The number of methoxy groups -OCH3 is 1. The molecule has 4 nitrogen and oxygen atoms in total. The third-order valence-electron chi connectivity index (χ3n) is 1.51. The van der Waals surface area contributed by atoms with Crippen LogP contribution >= 0.6 is 11.8 Å². The van der Waals surface area contributed by atoms with E-state index in [9.17, 15) is 4.79 Å². The van der Waals surface area contributed by atoms with Gasteiger partial charge in [0.2, 0.25) is 0 Å². The number of rotatable bonds is 6. The second kappa shape index (κ2) is 6.50. The van der Waals surface area contributed by atoms with Gasteiger partial charge in [-0.15, -0.1) is 0 Å². The molecule has 1 rings (SSSR count). The number of aromatic nitrogens is 2. The molecule has 0 aliphatic heterocycles. The van der Waals surface area contributed by atoms with E-state index in [-0.39, 0.29) is 0 Å². The van der Waals surface area contributed by atoms with E-state index >= 15 is 0 Å². The summed E-state index contributed by atoms with van der Waals surface area (Å²) >= 11 is 1.56. The Morgan fingerprint density at radius 2 is 2.21 bits per heavy atom. The largest absolute Gasteiger partial charge is 0.385 e. The maximum absolute atomic E-state index is 10.3. The Morgan fingerprint density at radius 3 is 2.79 bits per heavy atom. The van der Waals surface area contributed by atoms with Gasteiger partial charge in [0.25, 0.3) is 0 Å². The normalized spacial score (nSPS) is 10.1. The lowest BCUT2D eigenvalue weighted by Crippen LogP contribution is -1.93. The smallest absolute Gasteiger partial charge is 0.187 e. The number of carbonyl (C=O) groups excluding carboxylic acids is 1. The molecule has 0 N–H and O–H groups in total. The molecule has 0 spiro atoms. The molecule has 76 valence electrons. The van der Waals surface area contributed by atoms with Gasteiger partial charge >= 0.3 is 0 Å². The highest BCUT2D eigenvalue weighted by molar-refractivity contribution is 7.99. The van der Waals surface area contributed by atoms with Gasteiger partial charge in [-0.25, -0.2) is 9.97 Å². The number of thioether (sulfide) groups is 1. The molecule has 1 aromatic rings. The molecule has 14 heavy (non-hydrogen) atoms. The Kier molecular flexibility index (Phi) is 5.17. The average Bonchev–Trinajstić information content (AvgIpc) is 2.25. The third-order valence-corrected chi connectivity index (χ3v) is 2.47. The van der Waals surface area contributed by atoms with Crippen molar-refractivity contribution < 1.29 is 9.53 Å². The zero-order valence-electron chi connectivity index (χ0n) is 7.97. The van der Waals surface area contributed by atoms with Gasteiger partial charge in [-0.2, -0.15) is 0 Å². The minimum atomic E-state index is 0.506. The van der Waals surface area contributed by atoms with Gasteiger partial charge in [-0.05, 0) is 6.42 Å². The maximum Gasteiger partial charge on any atom is 0.187 e. The molecule has 0 bridgehead atoms. The van der Waals surface area contributed by atoms with E-state index in [0.29, 0.717) is 10.7 Å². The standard InChI is InChI=1S/C9H12N2O2S/c1-13-3-2-4-14-9-10-5-8(7-12)6-11-9/h5-7H,2-4H2,1H3. The summed E-state index contributed by atoms with van der Waals surface area (Å²) in [6, 6.07) is 0. The Bertz CT molecular complexity index is 277. The zero-order chi connectivity index (χ0) is 10.2. The SMILES string of the molecule is COCCCSc1ncc(C=O)cn1. The summed E-state index contributed by atoms with van der Waals surface area (Å²) in [6.45, 7) is 0.749. The molecule has 1 heterocycles. The highest BCUT2D eigenvalue weighted by Gasteiger charge is 1.97. The molecule has 0 atom stereocenters. The molecule has 0 radical (unpaired) electrons. The van der Waals surface area contributed by atoms with Crippen LogP contribution in [0.25, 0.3) is 0 Å². The van der Waals surface area contributed by atoms with Gasteiger partial charge in [0.15, 0.2) is 11.4 Å². The van der Waals surface area contributed by atoms with E-state index in [4.69, 9.17) is 4.74 Å². The monoisotopic (exact) mass is 212 g/mol. The highest BCUT2D eigenvalue weighted by atomic mass is 32.2. The van der Waals surface area contributed by atoms with Gasteiger partial charge in [0, 0.05) is 31.9 Å². The number of hydrogen-bond donors (Lipinski definition) is 0. The van der Waals surface area contributed by atoms with Crippen molar-refractivity contribution in [1.82, 2.24) is 9.97 Å². The summed E-state index contributed by atoms with van der Waals surface area (Å²) in [5, 5.41) is 0.701. The van der Waals surface area contributed by atoms with Crippen LogP contribution in [-0.4, -0.2) is 35.7 Å². The molecule has 0 aliphatic carbocycles. The zero-order valence-corrected chi connectivity index (χ0v) is 8.79. The topological polar surface area (TPSA) is 52.1 Å². The molecule has 1 aromatic heterocycles. The van der Waals surface area contributed by atoms with Crippen molar-refractivity contribution in [2.75, 3.05) is 19.5 Å². The van der Waals surface area contributed by atoms with Crippen molar-refractivity contribution in [3.05, 3.63) is 18.0 Å².